The van der Waals surface area contributed by atoms with Gasteiger partial charge >= 0.3 is 5.97 Å². The topological polar surface area (TPSA) is 43.4 Å². The Labute approximate surface area is 144 Å². The SMILES string of the molecule is O=C(OCCc1ccsc1)c1ccc(C(=O)c2ccccc2)cc1. The van der Waals surface area contributed by atoms with Crippen molar-refractivity contribution in [3.63, 3.8) is 0 Å². The van der Waals surface area contributed by atoms with Crippen molar-refractivity contribution in [1.82, 2.24) is 0 Å². The monoisotopic (exact) mass is 336 g/mol. The Balaban J connectivity index is 1.59. The van der Waals surface area contributed by atoms with E-state index in [0.29, 0.717) is 29.7 Å². The summed E-state index contributed by atoms with van der Waals surface area (Å²) in [5.41, 5.74) is 2.79. The van der Waals surface area contributed by atoms with E-state index in [1.807, 2.05) is 35.0 Å². The van der Waals surface area contributed by atoms with Crippen LogP contribution in [0.1, 0.15) is 31.8 Å². The van der Waals surface area contributed by atoms with Crippen molar-refractivity contribution in [2.24, 2.45) is 0 Å². The number of carbonyl (C=O) groups is 2. The third-order valence-electron chi connectivity index (χ3n) is 3.62. The molecule has 3 nitrogen and oxygen atoms in total. The van der Waals surface area contributed by atoms with Crippen molar-refractivity contribution in [2.75, 3.05) is 6.61 Å². The molecule has 2 aromatic carbocycles. The molecular formula is C20H16O3S. The van der Waals surface area contributed by atoms with Crippen LogP contribution in [0.5, 0.6) is 0 Å². The van der Waals surface area contributed by atoms with Gasteiger partial charge in [-0.25, -0.2) is 4.79 Å². The summed E-state index contributed by atoms with van der Waals surface area (Å²) in [7, 11) is 0. The van der Waals surface area contributed by atoms with E-state index in [4.69, 9.17) is 4.74 Å². The Morgan fingerprint density at radius 1 is 0.833 bits per heavy atom. The van der Waals surface area contributed by atoms with E-state index in [1.54, 1.807) is 47.7 Å². The zero-order chi connectivity index (χ0) is 16.8. The van der Waals surface area contributed by atoms with E-state index < -0.39 is 0 Å². The molecule has 0 N–H and O–H groups in total. The standard InChI is InChI=1S/C20H16O3S/c21-19(16-4-2-1-3-5-16)17-6-8-18(9-7-17)20(22)23-12-10-15-11-13-24-14-15/h1-9,11,13-14H,10,12H2. The van der Waals surface area contributed by atoms with Gasteiger partial charge in [0.05, 0.1) is 12.2 Å². The molecule has 1 aromatic heterocycles. The number of rotatable bonds is 6. The number of carbonyl (C=O) groups excluding carboxylic acids is 2. The summed E-state index contributed by atoms with van der Waals surface area (Å²) in [4.78, 5) is 24.3. The molecule has 0 atom stereocenters. The lowest BCUT2D eigenvalue weighted by molar-refractivity contribution is 0.0509. The van der Waals surface area contributed by atoms with Crippen LogP contribution in [0.3, 0.4) is 0 Å². The number of ether oxygens (including phenoxy) is 1. The van der Waals surface area contributed by atoms with Crippen molar-refractivity contribution in [3.05, 3.63) is 93.7 Å². The minimum absolute atomic E-state index is 0.0621. The van der Waals surface area contributed by atoms with Gasteiger partial charge in [0.25, 0.3) is 0 Å². The van der Waals surface area contributed by atoms with Crippen LogP contribution in [-0.2, 0) is 11.2 Å². The number of hydrogen-bond donors (Lipinski definition) is 0. The zero-order valence-corrected chi connectivity index (χ0v) is 13.8. The molecule has 4 heteroatoms. The molecule has 0 unspecified atom stereocenters. The molecule has 0 saturated carbocycles. The average molecular weight is 336 g/mol. The van der Waals surface area contributed by atoms with Crippen LogP contribution < -0.4 is 0 Å². The fraction of sp³-hybridized carbons (Fsp3) is 0.100. The Morgan fingerprint density at radius 2 is 1.50 bits per heavy atom. The molecular weight excluding hydrogens is 320 g/mol. The second-order valence-electron chi connectivity index (χ2n) is 5.29. The summed E-state index contributed by atoms with van der Waals surface area (Å²) in [6.45, 7) is 0.347. The Kier molecular flexibility index (Phi) is 5.18. The van der Waals surface area contributed by atoms with Crippen molar-refractivity contribution >= 4 is 23.1 Å². The number of esters is 1. The fourth-order valence-electron chi connectivity index (χ4n) is 2.29. The van der Waals surface area contributed by atoms with Gasteiger partial charge in [-0.15, -0.1) is 0 Å². The quantitative estimate of drug-likeness (QED) is 0.496. The first-order valence-electron chi connectivity index (χ1n) is 7.62. The van der Waals surface area contributed by atoms with E-state index in [2.05, 4.69) is 0 Å². The smallest absolute Gasteiger partial charge is 0.338 e. The van der Waals surface area contributed by atoms with E-state index in [1.165, 1.54) is 0 Å². The van der Waals surface area contributed by atoms with Crippen LogP contribution in [0.2, 0.25) is 0 Å². The summed E-state index contributed by atoms with van der Waals surface area (Å²) in [5.74, 6) is -0.433. The van der Waals surface area contributed by atoms with Gasteiger partial charge in [0.1, 0.15) is 0 Å². The first-order valence-corrected chi connectivity index (χ1v) is 8.56. The highest BCUT2D eigenvalue weighted by Gasteiger charge is 2.11. The lowest BCUT2D eigenvalue weighted by atomic mass is 10.0. The van der Waals surface area contributed by atoms with Gasteiger partial charge in [0, 0.05) is 17.5 Å². The van der Waals surface area contributed by atoms with E-state index in [-0.39, 0.29) is 11.8 Å². The predicted molar refractivity (Wildman–Crippen MR) is 94.6 cm³/mol. The minimum Gasteiger partial charge on any atom is -0.462 e. The van der Waals surface area contributed by atoms with Crippen molar-refractivity contribution in [1.29, 1.82) is 0 Å². The highest BCUT2D eigenvalue weighted by molar-refractivity contribution is 7.07. The summed E-state index contributed by atoms with van der Waals surface area (Å²) in [6, 6.07) is 17.7. The van der Waals surface area contributed by atoms with E-state index in [9.17, 15) is 9.59 Å². The molecule has 0 aliphatic rings. The third kappa shape index (κ3) is 3.97. The largest absolute Gasteiger partial charge is 0.462 e. The van der Waals surface area contributed by atoms with Gasteiger partial charge in [0.15, 0.2) is 5.78 Å². The predicted octanol–water partition coefficient (Wildman–Crippen LogP) is 4.38. The van der Waals surface area contributed by atoms with Crippen molar-refractivity contribution in [3.8, 4) is 0 Å². The van der Waals surface area contributed by atoms with Crippen molar-refractivity contribution < 1.29 is 14.3 Å². The first kappa shape index (κ1) is 16.1. The van der Waals surface area contributed by atoms with Gasteiger partial charge in [-0.2, -0.15) is 11.3 Å². The molecule has 0 radical (unpaired) electrons. The maximum Gasteiger partial charge on any atom is 0.338 e. The van der Waals surface area contributed by atoms with Crippen LogP contribution >= 0.6 is 11.3 Å². The molecule has 0 aliphatic carbocycles. The van der Waals surface area contributed by atoms with Gasteiger partial charge in [-0.1, -0.05) is 42.5 Å². The number of ketones is 1. The molecule has 24 heavy (non-hydrogen) atoms. The Bertz CT molecular complexity index is 806. The molecule has 0 aliphatic heterocycles. The Morgan fingerprint density at radius 3 is 2.17 bits per heavy atom. The van der Waals surface area contributed by atoms with Gasteiger partial charge in [-0.3, -0.25) is 4.79 Å². The lowest BCUT2D eigenvalue weighted by Crippen LogP contribution is -2.08. The number of benzene rings is 2. The molecule has 0 bridgehead atoms. The molecule has 3 aromatic rings. The van der Waals surface area contributed by atoms with E-state index >= 15 is 0 Å². The molecule has 3 rings (SSSR count). The zero-order valence-electron chi connectivity index (χ0n) is 13.0. The Hall–Kier alpha value is -2.72. The summed E-state index contributed by atoms with van der Waals surface area (Å²) < 4.78 is 5.27. The molecule has 0 fully saturated rings. The highest BCUT2D eigenvalue weighted by atomic mass is 32.1. The molecule has 0 spiro atoms. The van der Waals surface area contributed by atoms with Crippen molar-refractivity contribution in [2.45, 2.75) is 6.42 Å². The second kappa shape index (κ2) is 7.70. The molecule has 0 amide bonds. The van der Waals surface area contributed by atoms with Gasteiger partial charge in [0.2, 0.25) is 0 Å². The normalized spacial score (nSPS) is 10.3. The summed E-state index contributed by atoms with van der Waals surface area (Å²) >= 11 is 1.62. The van der Waals surface area contributed by atoms with Crippen LogP contribution in [0.25, 0.3) is 0 Å². The molecule has 120 valence electrons. The summed E-state index contributed by atoms with van der Waals surface area (Å²) in [5, 5.41) is 4.04. The second-order valence-corrected chi connectivity index (χ2v) is 6.07. The molecule has 0 saturated heterocycles. The first-order chi connectivity index (χ1) is 11.7. The molecule has 1 heterocycles. The van der Waals surface area contributed by atoms with Crippen LogP contribution in [-0.4, -0.2) is 18.4 Å². The summed E-state index contributed by atoms with van der Waals surface area (Å²) in [6.07, 6.45) is 0.708. The maximum atomic E-state index is 12.3. The van der Waals surface area contributed by atoms with Crippen LogP contribution in [0.4, 0.5) is 0 Å². The van der Waals surface area contributed by atoms with Gasteiger partial charge in [-0.05, 0) is 34.5 Å². The number of thiophene rings is 1. The lowest BCUT2D eigenvalue weighted by Gasteiger charge is -2.05. The van der Waals surface area contributed by atoms with Crippen LogP contribution in [0, 0.1) is 0 Å². The van der Waals surface area contributed by atoms with Crippen LogP contribution in [0.15, 0.2) is 71.4 Å². The average Bonchev–Trinajstić information content (AvgIpc) is 3.15. The fourth-order valence-corrected chi connectivity index (χ4v) is 3.00. The van der Waals surface area contributed by atoms with Gasteiger partial charge < -0.3 is 4.74 Å². The third-order valence-corrected chi connectivity index (χ3v) is 4.35. The maximum absolute atomic E-state index is 12.3. The highest BCUT2D eigenvalue weighted by Crippen LogP contribution is 2.12. The van der Waals surface area contributed by atoms with E-state index in [0.717, 1.165) is 5.56 Å². The minimum atomic E-state index is -0.371. The number of hydrogen-bond acceptors (Lipinski definition) is 4.